The van der Waals surface area contributed by atoms with E-state index in [9.17, 15) is 18.7 Å². The van der Waals surface area contributed by atoms with Crippen molar-refractivity contribution in [2.75, 3.05) is 62.5 Å². The van der Waals surface area contributed by atoms with Crippen molar-refractivity contribution in [2.45, 2.75) is 50.5 Å². The molecule has 0 bridgehead atoms. The number of nitrogens with zero attached hydrogens (tertiary/aromatic N) is 6. The molecule has 1 spiro atoms. The van der Waals surface area contributed by atoms with Crippen LogP contribution in [0, 0.1) is 0 Å². The first-order valence-electron chi connectivity index (χ1n) is 15.9. The van der Waals surface area contributed by atoms with Gasteiger partial charge >= 0.3 is 5.97 Å². The lowest BCUT2D eigenvalue weighted by molar-refractivity contribution is -0.228. The molecule has 254 valence electrons. The molecule has 0 amide bonds. The van der Waals surface area contributed by atoms with Gasteiger partial charge in [-0.1, -0.05) is 12.1 Å². The van der Waals surface area contributed by atoms with Gasteiger partial charge < -0.3 is 38.6 Å². The summed E-state index contributed by atoms with van der Waals surface area (Å²) in [6, 6.07) is 7.27. The molecule has 3 aromatic rings. The highest BCUT2D eigenvalue weighted by Gasteiger charge is 2.50. The molecule has 0 radical (unpaired) electrons. The van der Waals surface area contributed by atoms with Crippen LogP contribution in [0.5, 0.6) is 11.8 Å². The average molecular weight is 667 g/mol. The van der Waals surface area contributed by atoms with E-state index in [0.717, 1.165) is 16.8 Å². The van der Waals surface area contributed by atoms with Gasteiger partial charge in [0, 0.05) is 36.9 Å². The van der Waals surface area contributed by atoms with Crippen molar-refractivity contribution in [3.05, 3.63) is 54.0 Å². The van der Waals surface area contributed by atoms with Crippen LogP contribution in [-0.4, -0.2) is 108 Å². The molecule has 7 heterocycles. The van der Waals surface area contributed by atoms with Gasteiger partial charge in [-0.05, 0) is 31.6 Å². The summed E-state index contributed by atoms with van der Waals surface area (Å²) in [5.41, 5.74) is 2.63. The first-order valence-corrected chi connectivity index (χ1v) is 15.9. The minimum absolute atomic E-state index is 0.0304. The van der Waals surface area contributed by atoms with Gasteiger partial charge in [-0.2, -0.15) is 0 Å². The van der Waals surface area contributed by atoms with Crippen LogP contribution in [-0.2, 0) is 19.0 Å². The van der Waals surface area contributed by atoms with Gasteiger partial charge in [0.25, 0.3) is 6.43 Å². The summed E-state index contributed by atoms with van der Waals surface area (Å²) in [6.07, 6.45) is 0.159. The monoisotopic (exact) mass is 666 g/mol. The van der Waals surface area contributed by atoms with Gasteiger partial charge in [-0.25, -0.2) is 33.5 Å². The second kappa shape index (κ2) is 13.2. The van der Waals surface area contributed by atoms with Gasteiger partial charge in [0.05, 0.1) is 63.6 Å². The number of carbonyl (C=O) groups is 1. The van der Waals surface area contributed by atoms with Gasteiger partial charge in [-0.15, -0.1) is 0 Å². The van der Waals surface area contributed by atoms with Crippen molar-refractivity contribution in [1.29, 1.82) is 0 Å². The van der Waals surface area contributed by atoms with Crippen molar-refractivity contribution >= 4 is 23.0 Å². The molecule has 0 aromatic carbocycles. The fourth-order valence-electron chi connectivity index (χ4n) is 6.55. The molecule has 0 unspecified atom stereocenters. The van der Waals surface area contributed by atoms with E-state index in [2.05, 4.69) is 26.8 Å². The minimum atomic E-state index is -3.00. The van der Waals surface area contributed by atoms with Crippen LogP contribution in [0.25, 0.3) is 17.0 Å². The lowest BCUT2D eigenvalue weighted by Crippen LogP contribution is -2.68. The highest BCUT2D eigenvalue weighted by atomic mass is 19.3. The highest BCUT2D eigenvalue weighted by Crippen LogP contribution is 2.40. The van der Waals surface area contributed by atoms with Crippen LogP contribution in [0.3, 0.4) is 0 Å². The molecule has 1 N–H and O–H groups in total. The molecule has 3 fully saturated rings. The topological polar surface area (TPSA) is 141 Å². The number of aromatic nitrogens is 4. The third kappa shape index (κ3) is 6.13. The zero-order valence-corrected chi connectivity index (χ0v) is 26.6. The Hall–Kier alpha value is -4.47. The SMILES string of the molecule is CCOc1cccc(-c2cc(N3C[C@@H](Oc4ncc(C5=CCOC5)cc4N4CCOC5(COC5)[C@@H]4C)C[C@H]3C(=O)O)nc(C(F)F)n2)n1. The number of alkyl halides is 2. The number of morpholine rings is 1. The zero-order chi connectivity index (χ0) is 33.4. The quantitative estimate of drug-likeness (QED) is 0.336. The van der Waals surface area contributed by atoms with E-state index in [0.29, 0.717) is 57.9 Å². The summed E-state index contributed by atoms with van der Waals surface area (Å²) in [5.74, 6) is -1.20. The van der Waals surface area contributed by atoms with E-state index in [-0.39, 0.29) is 36.2 Å². The molecule has 3 atom stereocenters. The molecule has 15 heteroatoms. The number of hydrogen-bond donors (Lipinski definition) is 1. The lowest BCUT2D eigenvalue weighted by Gasteiger charge is -2.53. The number of rotatable bonds is 10. The molecule has 48 heavy (non-hydrogen) atoms. The van der Waals surface area contributed by atoms with Gasteiger partial charge in [0.1, 0.15) is 29.3 Å². The maximum Gasteiger partial charge on any atom is 0.326 e. The van der Waals surface area contributed by atoms with Crippen molar-refractivity contribution < 1.29 is 42.4 Å². The van der Waals surface area contributed by atoms with Crippen LogP contribution >= 0.6 is 0 Å². The minimum Gasteiger partial charge on any atom is -0.480 e. The van der Waals surface area contributed by atoms with Crippen LogP contribution in [0.15, 0.2) is 42.6 Å². The standard InChI is InChI=1S/C33H36F2N6O7/c1-3-46-28-6-4-5-23(37-28)24-13-27(39-30(38-24)29(34)35)41-15-22(12-26(41)32(42)43)48-31-25(11-21(14-36-31)20-7-9-44-16-20)40-8-10-47-33(19(40)2)17-45-18-33/h4-7,11,13-14,19,22,26,29H,3,8-10,12,15-18H2,1-2H3,(H,42,43)/t19-,22-,26-/m0/s1. The largest absolute Gasteiger partial charge is 0.480 e. The summed E-state index contributed by atoms with van der Waals surface area (Å²) in [4.78, 5) is 33.4. The Kier molecular flexibility index (Phi) is 8.83. The number of hydrogen-bond acceptors (Lipinski definition) is 12. The first-order chi connectivity index (χ1) is 23.2. The summed E-state index contributed by atoms with van der Waals surface area (Å²) >= 11 is 0. The molecule has 3 aromatic heterocycles. The van der Waals surface area contributed by atoms with Crippen molar-refractivity contribution in [3.8, 4) is 23.1 Å². The Bertz CT molecular complexity index is 1710. The number of carboxylic acids is 1. The lowest BCUT2D eigenvalue weighted by atomic mass is 9.90. The highest BCUT2D eigenvalue weighted by molar-refractivity contribution is 5.79. The molecular weight excluding hydrogens is 630 g/mol. The molecule has 4 aliphatic rings. The Morgan fingerprint density at radius 3 is 2.71 bits per heavy atom. The molecule has 4 aliphatic heterocycles. The van der Waals surface area contributed by atoms with Crippen LogP contribution < -0.4 is 19.3 Å². The van der Waals surface area contributed by atoms with Crippen LogP contribution in [0.2, 0.25) is 0 Å². The molecular formula is C33H36F2N6O7. The van der Waals surface area contributed by atoms with E-state index in [4.69, 9.17) is 28.7 Å². The van der Waals surface area contributed by atoms with Gasteiger partial charge in [0.15, 0.2) is 5.82 Å². The fourth-order valence-corrected chi connectivity index (χ4v) is 6.55. The number of ether oxygens (including phenoxy) is 5. The normalized spacial score (nSPS) is 23.4. The summed E-state index contributed by atoms with van der Waals surface area (Å²) in [6.45, 7) is 7.37. The Labute approximate surface area is 275 Å². The Balaban J connectivity index is 1.20. The van der Waals surface area contributed by atoms with Crippen LogP contribution in [0.1, 0.15) is 38.1 Å². The zero-order valence-electron chi connectivity index (χ0n) is 26.6. The summed E-state index contributed by atoms with van der Waals surface area (Å²) in [5, 5.41) is 10.2. The predicted octanol–water partition coefficient (Wildman–Crippen LogP) is 3.79. The van der Waals surface area contributed by atoms with Gasteiger partial charge in [-0.3, -0.25) is 0 Å². The Morgan fingerprint density at radius 2 is 2.00 bits per heavy atom. The maximum absolute atomic E-state index is 14.1. The first kappa shape index (κ1) is 32.1. The predicted molar refractivity (Wildman–Crippen MR) is 169 cm³/mol. The summed E-state index contributed by atoms with van der Waals surface area (Å²) < 4.78 is 57.3. The van der Waals surface area contributed by atoms with Crippen LogP contribution in [0.4, 0.5) is 20.3 Å². The number of carboxylic acid groups (broad SMARTS) is 1. The maximum atomic E-state index is 14.1. The van der Waals surface area contributed by atoms with E-state index < -0.39 is 36.0 Å². The molecule has 0 saturated carbocycles. The van der Waals surface area contributed by atoms with E-state index in [1.807, 2.05) is 12.1 Å². The second-order valence-electron chi connectivity index (χ2n) is 12.1. The van der Waals surface area contributed by atoms with E-state index in [1.165, 1.54) is 11.0 Å². The second-order valence-corrected chi connectivity index (χ2v) is 12.1. The number of aliphatic carboxylic acids is 1. The molecule has 7 rings (SSSR count). The molecule has 3 saturated heterocycles. The van der Waals surface area contributed by atoms with Crippen molar-refractivity contribution in [2.24, 2.45) is 0 Å². The third-order valence-electron chi connectivity index (χ3n) is 9.18. The molecule has 13 nitrogen and oxygen atoms in total. The van der Waals surface area contributed by atoms with Crippen molar-refractivity contribution in [3.63, 3.8) is 0 Å². The fraction of sp³-hybridized carbons (Fsp3) is 0.485. The number of pyridine rings is 2. The average Bonchev–Trinajstić information content (AvgIpc) is 3.76. The third-order valence-corrected chi connectivity index (χ3v) is 9.18. The van der Waals surface area contributed by atoms with E-state index in [1.54, 1.807) is 31.3 Å². The van der Waals surface area contributed by atoms with E-state index >= 15 is 0 Å². The smallest absolute Gasteiger partial charge is 0.326 e. The van der Waals surface area contributed by atoms with Crippen molar-refractivity contribution in [1.82, 2.24) is 19.9 Å². The number of anilines is 2. The number of halogens is 2. The summed E-state index contributed by atoms with van der Waals surface area (Å²) in [7, 11) is 0. The van der Waals surface area contributed by atoms with Gasteiger partial charge in [0.2, 0.25) is 11.8 Å². The molecule has 0 aliphatic carbocycles. The Morgan fingerprint density at radius 1 is 1.15 bits per heavy atom.